The smallest absolute Gasteiger partial charge is 0.174 e. The van der Waals surface area contributed by atoms with Gasteiger partial charge in [0.15, 0.2) is 6.29 Å². The van der Waals surface area contributed by atoms with Crippen LogP contribution in [-0.2, 0) is 9.47 Å². The highest BCUT2D eigenvalue weighted by Crippen LogP contribution is 2.26. The van der Waals surface area contributed by atoms with Gasteiger partial charge in [0.1, 0.15) is 0 Å². The fourth-order valence-electron chi connectivity index (χ4n) is 2.31. The van der Waals surface area contributed by atoms with Crippen LogP contribution in [0.25, 0.3) is 10.8 Å². The lowest BCUT2D eigenvalue weighted by molar-refractivity contribution is -0.0948. The zero-order chi connectivity index (χ0) is 13.7. The number of benzene rings is 2. The van der Waals surface area contributed by atoms with Gasteiger partial charge in [0, 0.05) is 31.8 Å². The summed E-state index contributed by atoms with van der Waals surface area (Å²) in [7, 11) is 3.34. The molecule has 102 valence electrons. The Bertz CT molecular complexity index is 518. The van der Waals surface area contributed by atoms with Crippen LogP contribution in [0.4, 0.5) is 5.69 Å². The molecular formula is C16H21NO2. The van der Waals surface area contributed by atoms with Crippen LogP contribution in [0.15, 0.2) is 42.5 Å². The average molecular weight is 259 g/mol. The van der Waals surface area contributed by atoms with Gasteiger partial charge >= 0.3 is 0 Å². The number of rotatable bonds is 6. The van der Waals surface area contributed by atoms with Gasteiger partial charge in [-0.15, -0.1) is 0 Å². The van der Waals surface area contributed by atoms with E-state index in [-0.39, 0.29) is 6.29 Å². The fraction of sp³-hybridized carbons (Fsp3) is 0.375. The van der Waals surface area contributed by atoms with E-state index in [9.17, 15) is 0 Å². The lowest BCUT2D eigenvalue weighted by Gasteiger charge is -2.28. The quantitative estimate of drug-likeness (QED) is 0.743. The van der Waals surface area contributed by atoms with Crippen molar-refractivity contribution in [2.24, 2.45) is 0 Å². The van der Waals surface area contributed by atoms with Crippen LogP contribution in [0, 0.1) is 0 Å². The molecule has 19 heavy (non-hydrogen) atoms. The summed E-state index contributed by atoms with van der Waals surface area (Å²) in [6, 6.07) is 14.8. The molecule has 2 aromatic carbocycles. The molecule has 3 heteroatoms. The third-order valence-electron chi connectivity index (χ3n) is 3.38. The van der Waals surface area contributed by atoms with E-state index in [4.69, 9.17) is 9.47 Å². The molecule has 0 saturated heterocycles. The Balaban J connectivity index is 2.35. The van der Waals surface area contributed by atoms with Gasteiger partial charge in [-0.2, -0.15) is 0 Å². The molecule has 0 atom stereocenters. The second kappa shape index (κ2) is 6.55. The van der Waals surface area contributed by atoms with Crippen molar-refractivity contribution in [3.05, 3.63) is 42.5 Å². The summed E-state index contributed by atoms with van der Waals surface area (Å²) in [5.41, 5.74) is 1.22. The first-order chi connectivity index (χ1) is 9.30. The van der Waals surface area contributed by atoms with Crippen LogP contribution >= 0.6 is 0 Å². The molecule has 0 aromatic heterocycles. The number of ether oxygens (including phenoxy) is 2. The summed E-state index contributed by atoms with van der Waals surface area (Å²) >= 11 is 0. The van der Waals surface area contributed by atoms with E-state index in [2.05, 4.69) is 54.3 Å². The van der Waals surface area contributed by atoms with Crippen molar-refractivity contribution >= 4 is 16.5 Å². The summed E-state index contributed by atoms with van der Waals surface area (Å²) < 4.78 is 10.6. The van der Waals surface area contributed by atoms with Gasteiger partial charge in [0.25, 0.3) is 0 Å². The van der Waals surface area contributed by atoms with Crippen LogP contribution in [0.1, 0.15) is 6.92 Å². The largest absolute Gasteiger partial charge is 0.366 e. The first-order valence-corrected chi connectivity index (χ1v) is 6.58. The minimum atomic E-state index is -0.209. The van der Waals surface area contributed by atoms with Crippen LogP contribution in [0.5, 0.6) is 0 Å². The molecule has 3 nitrogen and oxygen atoms in total. The fourth-order valence-corrected chi connectivity index (χ4v) is 2.31. The van der Waals surface area contributed by atoms with E-state index in [1.54, 1.807) is 14.2 Å². The Morgan fingerprint density at radius 3 is 2.37 bits per heavy atom. The van der Waals surface area contributed by atoms with Crippen molar-refractivity contribution in [3.8, 4) is 0 Å². The zero-order valence-corrected chi connectivity index (χ0v) is 11.8. The maximum atomic E-state index is 5.30. The third kappa shape index (κ3) is 3.06. The van der Waals surface area contributed by atoms with Crippen LogP contribution in [0.2, 0.25) is 0 Å². The van der Waals surface area contributed by atoms with E-state index in [0.29, 0.717) is 0 Å². The predicted octanol–water partition coefficient (Wildman–Crippen LogP) is 3.29. The van der Waals surface area contributed by atoms with Gasteiger partial charge in [-0.3, -0.25) is 0 Å². The molecule has 0 radical (unpaired) electrons. The number of nitrogens with zero attached hydrogens (tertiary/aromatic N) is 1. The topological polar surface area (TPSA) is 21.7 Å². The first-order valence-electron chi connectivity index (χ1n) is 6.58. The molecule has 0 bridgehead atoms. The maximum absolute atomic E-state index is 5.30. The molecule has 0 N–H and O–H groups in total. The predicted molar refractivity (Wildman–Crippen MR) is 79.6 cm³/mol. The highest BCUT2D eigenvalue weighted by atomic mass is 16.7. The molecule has 2 rings (SSSR count). The Morgan fingerprint density at radius 1 is 1.00 bits per heavy atom. The highest BCUT2D eigenvalue weighted by molar-refractivity contribution is 5.94. The molecule has 0 unspecified atom stereocenters. The van der Waals surface area contributed by atoms with Gasteiger partial charge in [-0.05, 0) is 18.4 Å². The van der Waals surface area contributed by atoms with Crippen molar-refractivity contribution < 1.29 is 9.47 Å². The summed E-state index contributed by atoms with van der Waals surface area (Å²) in [4.78, 5) is 2.28. The number of hydrogen-bond acceptors (Lipinski definition) is 3. The lowest BCUT2D eigenvalue weighted by atomic mass is 10.1. The van der Waals surface area contributed by atoms with E-state index >= 15 is 0 Å². The van der Waals surface area contributed by atoms with Gasteiger partial charge < -0.3 is 14.4 Å². The number of anilines is 1. The molecular weight excluding hydrogens is 238 g/mol. The maximum Gasteiger partial charge on any atom is 0.174 e. The second-order valence-electron chi connectivity index (χ2n) is 4.44. The first kappa shape index (κ1) is 13.8. The Hall–Kier alpha value is -1.58. The van der Waals surface area contributed by atoms with Crippen molar-refractivity contribution in [2.45, 2.75) is 13.2 Å². The number of likely N-dealkylation sites (N-methyl/N-ethyl adjacent to an activating group) is 1. The molecule has 2 aromatic rings. The number of fused-ring (bicyclic) bond motifs is 1. The molecule has 0 spiro atoms. The van der Waals surface area contributed by atoms with Crippen molar-refractivity contribution in [3.63, 3.8) is 0 Å². The van der Waals surface area contributed by atoms with Crippen molar-refractivity contribution in [1.29, 1.82) is 0 Å². The molecule has 0 saturated carbocycles. The van der Waals surface area contributed by atoms with Gasteiger partial charge in [-0.25, -0.2) is 0 Å². The normalized spacial score (nSPS) is 11.2. The van der Waals surface area contributed by atoms with Crippen molar-refractivity contribution in [1.82, 2.24) is 0 Å². The van der Waals surface area contributed by atoms with Crippen molar-refractivity contribution in [2.75, 3.05) is 32.2 Å². The minimum Gasteiger partial charge on any atom is -0.366 e. The third-order valence-corrected chi connectivity index (χ3v) is 3.38. The molecule has 0 heterocycles. The molecule has 0 fully saturated rings. The Labute approximate surface area is 114 Å². The number of hydrogen-bond donors (Lipinski definition) is 0. The zero-order valence-electron chi connectivity index (χ0n) is 11.8. The summed E-state index contributed by atoms with van der Waals surface area (Å²) in [6.45, 7) is 3.78. The van der Waals surface area contributed by atoms with Gasteiger partial charge in [0.2, 0.25) is 0 Å². The monoisotopic (exact) mass is 259 g/mol. The van der Waals surface area contributed by atoms with E-state index in [0.717, 1.165) is 13.1 Å². The minimum absolute atomic E-state index is 0.209. The molecule has 0 aliphatic rings. The second-order valence-corrected chi connectivity index (χ2v) is 4.44. The summed E-state index contributed by atoms with van der Waals surface area (Å²) in [5, 5.41) is 2.52. The van der Waals surface area contributed by atoms with E-state index < -0.39 is 0 Å². The van der Waals surface area contributed by atoms with Gasteiger partial charge in [0.05, 0.1) is 6.54 Å². The Morgan fingerprint density at radius 2 is 1.68 bits per heavy atom. The summed E-state index contributed by atoms with van der Waals surface area (Å²) in [6.07, 6.45) is -0.209. The highest BCUT2D eigenvalue weighted by Gasteiger charge is 2.14. The lowest BCUT2D eigenvalue weighted by Crippen LogP contribution is -2.34. The molecule has 0 aliphatic heterocycles. The number of methoxy groups -OCH3 is 2. The molecule has 0 amide bonds. The van der Waals surface area contributed by atoms with Crippen LogP contribution in [-0.4, -0.2) is 33.6 Å². The van der Waals surface area contributed by atoms with E-state index in [1.807, 2.05) is 0 Å². The molecule has 0 aliphatic carbocycles. The van der Waals surface area contributed by atoms with Crippen LogP contribution in [0.3, 0.4) is 0 Å². The van der Waals surface area contributed by atoms with E-state index in [1.165, 1.54) is 16.5 Å². The SMILES string of the molecule is CCN(CC(OC)OC)c1cccc2ccccc12. The average Bonchev–Trinajstić information content (AvgIpc) is 2.48. The summed E-state index contributed by atoms with van der Waals surface area (Å²) in [5.74, 6) is 0. The Kier molecular flexibility index (Phi) is 4.77. The van der Waals surface area contributed by atoms with Gasteiger partial charge in [-0.1, -0.05) is 36.4 Å². The van der Waals surface area contributed by atoms with Crippen LogP contribution < -0.4 is 4.90 Å². The standard InChI is InChI=1S/C16H21NO2/c1-4-17(12-16(18-2)19-3)15-11-7-9-13-8-5-6-10-14(13)15/h5-11,16H,4,12H2,1-3H3.